The molecular formula is C13H17N7O2S. The molecule has 3 heterocycles. The molecule has 2 aromatic rings. The van der Waals surface area contributed by atoms with Gasteiger partial charge in [0.2, 0.25) is 11.0 Å². The van der Waals surface area contributed by atoms with E-state index in [0.29, 0.717) is 0 Å². The number of nitrogens with one attached hydrogen (secondary N) is 3. The molecule has 1 spiro atoms. The van der Waals surface area contributed by atoms with E-state index in [9.17, 15) is 9.59 Å². The molecule has 2 fully saturated rings. The van der Waals surface area contributed by atoms with Gasteiger partial charge in [0.25, 0.3) is 5.91 Å². The van der Waals surface area contributed by atoms with Gasteiger partial charge in [-0.1, -0.05) is 0 Å². The number of rotatable bonds is 3. The molecule has 9 nitrogen and oxygen atoms in total. The Balaban J connectivity index is 1.55. The zero-order valence-corrected chi connectivity index (χ0v) is 13.4. The number of carbonyl (C=O) groups is 1. The quantitative estimate of drug-likeness (QED) is 0.736. The van der Waals surface area contributed by atoms with Crippen LogP contribution in [0.25, 0.3) is 0 Å². The summed E-state index contributed by atoms with van der Waals surface area (Å²) < 4.78 is 4.27. The standard InChI is InChI=1S/C13H17N7O2S/c1-7-14-12(23-19-7)20-6-3-8(13(20)4-2-5-13)15-10(21)9-16-11(22)18-17-9/h8H,2-6H2,1H3,(H,15,21)(H2,16,17,18,22). The maximum absolute atomic E-state index is 12.3. The van der Waals surface area contributed by atoms with Gasteiger partial charge >= 0.3 is 5.69 Å². The van der Waals surface area contributed by atoms with E-state index in [1.54, 1.807) is 0 Å². The number of hydrogen-bond acceptors (Lipinski definition) is 7. The third kappa shape index (κ3) is 2.24. The highest BCUT2D eigenvalue weighted by Gasteiger charge is 2.54. The fourth-order valence-corrected chi connectivity index (χ4v) is 4.39. The van der Waals surface area contributed by atoms with Crippen LogP contribution in [-0.2, 0) is 0 Å². The molecule has 1 unspecified atom stereocenters. The second-order valence-electron chi connectivity index (χ2n) is 6.07. The summed E-state index contributed by atoms with van der Waals surface area (Å²) in [6.45, 7) is 2.73. The number of amides is 1. The smallest absolute Gasteiger partial charge is 0.341 e. The van der Waals surface area contributed by atoms with Gasteiger partial charge in [-0.05, 0) is 32.6 Å². The third-order valence-corrected chi connectivity index (χ3v) is 5.65. The van der Waals surface area contributed by atoms with Crippen LogP contribution in [0.3, 0.4) is 0 Å². The van der Waals surface area contributed by atoms with Crippen LogP contribution in [-0.4, -0.2) is 48.6 Å². The molecule has 3 N–H and O–H groups in total. The number of anilines is 1. The van der Waals surface area contributed by atoms with Gasteiger partial charge in [0.15, 0.2) is 0 Å². The van der Waals surface area contributed by atoms with Crippen molar-refractivity contribution in [3.05, 3.63) is 22.1 Å². The normalized spacial score (nSPS) is 22.3. The van der Waals surface area contributed by atoms with Crippen LogP contribution in [0, 0.1) is 6.92 Å². The lowest BCUT2D eigenvalue weighted by molar-refractivity contribution is 0.0885. The Kier molecular flexibility index (Phi) is 3.22. The Morgan fingerprint density at radius 2 is 2.30 bits per heavy atom. The van der Waals surface area contributed by atoms with E-state index in [2.05, 4.69) is 34.8 Å². The van der Waals surface area contributed by atoms with Crippen LogP contribution in [0.1, 0.15) is 42.1 Å². The summed E-state index contributed by atoms with van der Waals surface area (Å²) in [6.07, 6.45) is 4.03. The van der Waals surface area contributed by atoms with E-state index >= 15 is 0 Å². The fraction of sp³-hybridized carbons (Fsp3) is 0.615. The number of carbonyl (C=O) groups excluding carboxylic acids is 1. The van der Waals surface area contributed by atoms with Gasteiger partial charge in [-0.25, -0.2) is 14.9 Å². The molecule has 1 saturated carbocycles. The molecule has 1 aliphatic heterocycles. The largest absolute Gasteiger partial charge is 0.344 e. The predicted octanol–water partition coefficient (Wildman–Crippen LogP) is 0.189. The van der Waals surface area contributed by atoms with Crippen LogP contribution in [0.2, 0.25) is 0 Å². The van der Waals surface area contributed by atoms with Crippen LogP contribution in [0.15, 0.2) is 4.79 Å². The van der Waals surface area contributed by atoms with Crippen molar-refractivity contribution in [2.45, 2.75) is 44.2 Å². The fourth-order valence-electron chi connectivity index (χ4n) is 3.59. The van der Waals surface area contributed by atoms with Gasteiger partial charge in [0.1, 0.15) is 5.82 Å². The van der Waals surface area contributed by atoms with Crippen molar-refractivity contribution in [1.82, 2.24) is 29.9 Å². The maximum Gasteiger partial charge on any atom is 0.341 e. The average Bonchev–Trinajstić information content (AvgIpc) is 3.16. The molecule has 1 atom stereocenters. The van der Waals surface area contributed by atoms with E-state index in [4.69, 9.17) is 0 Å². The van der Waals surface area contributed by atoms with Crippen LogP contribution < -0.4 is 15.9 Å². The molecule has 0 aromatic carbocycles. The Morgan fingerprint density at radius 1 is 1.48 bits per heavy atom. The first-order chi connectivity index (χ1) is 11.1. The van der Waals surface area contributed by atoms with Crippen molar-refractivity contribution in [2.75, 3.05) is 11.4 Å². The lowest BCUT2D eigenvalue weighted by Gasteiger charge is -2.49. The van der Waals surface area contributed by atoms with Crippen molar-refractivity contribution in [3.63, 3.8) is 0 Å². The van der Waals surface area contributed by atoms with E-state index in [-0.39, 0.29) is 23.3 Å². The molecule has 122 valence electrons. The van der Waals surface area contributed by atoms with Crippen molar-refractivity contribution >= 4 is 22.6 Å². The first-order valence-corrected chi connectivity index (χ1v) is 8.39. The lowest BCUT2D eigenvalue weighted by atomic mass is 9.72. The minimum Gasteiger partial charge on any atom is -0.344 e. The summed E-state index contributed by atoms with van der Waals surface area (Å²) in [5, 5.41) is 9.86. The highest BCUT2D eigenvalue weighted by molar-refractivity contribution is 7.09. The number of hydrogen-bond donors (Lipinski definition) is 3. The van der Waals surface area contributed by atoms with Gasteiger partial charge in [0, 0.05) is 18.1 Å². The molecule has 23 heavy (non-hydrogen) atoms. The first kappa shape index (κ1) is 14.4. The number of aromatic nitrogens is 5. The molecule has 0 bridgehead atoms. The number of H-pyrrole nitrogens is 2. The van der Waals surface area contributed by atoms with Crippen LogP contribution in [0.4, 0.5) is 5.13 Å². The van der Waals surface area contributed by atoms with Gasteiger partial charge < -0.3 is 10.2 Å². The van der Waals surface area contributed by atoms with E-state index in [1.807, 2.05) is 6.92 Å². The Hall–Kier alpha value is -2.23. The molecule has 2 aromatic heterocycles. The number of aryl methyl sites for hydroxylation is 1. The molecule has 1 amide bonds. The predicted molar refractivity (Wildman–Crippen MR) is 83.7 cm³/mol. The summed E-state index contributed by atoms with van der Waals surface area (Å²) in [5.41, 5.74) is -0.566. The third-order valence-electron chi connectivity index (χ3n) is 4.82. The van der Waals surface area contributed by atoms with E-state index in [0.717, 1.165) is 43.2 Å². The second-order valence-corrected chi connectivity index (χ2v) is 6.80. The number of nitrogens with zero attached hydrogens (tertiary/aromatic N) is 4. The van der Waals surface area contributed by atoms with Crippen molar-refractivity contribution in [1.29, 1.82) is 0 Å². The monoisotopic (exact) mass is 335 g/mol. The van der Waals surface area contributed by atoms with Gasteiger partial charge in [-0.15, -0.1) is 5.10 Å². The van der Waals surface area contributed by atoms with Gasteiger partial charge in [-0.3, -0.25) is 9.78 Å². The minimum atomic E-state index is -0.481. The topological polar surface area (TPSA) is 120 Å². The van der Waals surface area contributed by atoms with Crippen molar-refractivity contribution in [3.8, 4) is 0 Å². The van der Waals surface area contributed by atoms with E-state index < -0.39 is 5.69 Å². The molecule has 2 aliphatic rings. The average molecular weight is 335 g/mol. The van der Waals surface area contributed by atoms with Gasteiger partial charge in [-0.2, -0.15) is 4.37 Å². The number of aromatic amines is 2. The lowest BCUT2D eigenvalue weighted by Crippen LogP contribution is -2.61. The summed E-state index contributed by atoms with van der Waals surface area (Å²) in [7, 11) is 0. The zero-order valence-electron chi connectivity index (χ0n) is 12.6. The summed E-state index contributed by atoms with van der Waals surface area (Å²) in [5.74, 6) is 0.450. The van der Waals surface area contributed by atoms with Crippen molar-refractivity contribution < 1.29 is 4.79 Å². The van der Waals surface area contributed by atoms with Gasteiger partial charge in [0.05, 0.1) is 11.6 Å². The highest BCUT2D eigenvalue weighted by atomic mass is 32.1. The molecule has 0 radical (unpaired) electrons. The Bertz CT molecular complexity index is 790. The zero-order chi connectivity index (χ0) is 16.0. The van der Waals surface area contributed by atoms with Crippen molar-refractivity contribution in [2.24, 2.45) is 0 Å². The molecule has 10 heteroatoms. The molecule has 1 saturated heterocycles. The maximum atomic E-state index is 12.3. The molecular weight excluding hydrogens is 318 g/mol. The highest BCUT2D eigenvalue weighted by Crippen LogP contribution is 2.48. The summed E-state index contributed by atoms with van der Waals surface area (Å²) in [6, 6.07) is 0.0214. The molecule has 4 rings (SSSR count). The van der Waals surface area contributed by atoms with Crippen LogP contribution in [0.5, 0.6) is 0 Å². The molecule has 1 aliphatic carbocycles. The first-order valence-electron chi connectivity index (χ1n) is 7.62. The Labute approximate surface area is 135 Å². The summed E-state index contributed by atoms with van der Waals surface area (Å²) >= 11 is 1.41. The summed E-state index contributed by atoms with van der Waals surface area (Å²) in [4.78, 5) is 32.6. The second kappa shape index (κ2) is 5.15. The minimum absolute atomic E-state index is 0.0214. The Morgan fingerprint density at radius 3 is 2.87 bits per heavy atom. The van der Waals surface area contributed by atoms with Crippen LogP contribution >= 0.6 is 11.5 Å². The SMILES string of the molecule is Cc1nsc(N2CCC(NC(=O)c3n[nH]c(=O)[nH]3)C23CCC3)n1. The van der Waals surface area contributed by atoms with E-state index in [1.165, 1.54) is 11.5 Å².